The van der Waals surface area contributed by atoms with E-state index in [1.54, 1.807) is 24.3 Å². The second-order valence-corrected chi connectivity index (χ2v) is 5.90. The van der Waals surface area contributed by atoms with E-state index in [9.17, 15) is 12.8 Å². The van der Waals surface area contributed by atoms with E-state index >= 15 is 0 Å². The molecule has 0 aliphatic carbocycles. The van der Waals surface area contributed by atoms with E-state index in [0.717, 1.165) is 5.56 Å². The van der Waals surface area contributed by atoms with Crippen LogP contribution in [0.3, 0.4) is 0 Å². The van der Waals surface area contributed by atoms with Gasteiger partial charge in [0.1, 0.15) is 0 Å². The van der Waals surface area contributed by atoms with Gasteiger partial charge >= 0.3 is 0 Å². The third-order valence-electron chi connectivity index (χ3n) is 2.20. The quantitative estimate of drug-likeness (QED) is 0.795. The van der Waals surface area contributed by atoms with Crippen molar-refractivity contribution in [2.45, 2.75) is 18.2 Å². The van der Waals surface area contributed by atoms with Gasteiger partial charge in [0, 0.05) is 6.26 Å². The molecule has 0 bridgehead atoms. The molecule has 0 unspecified atom stereocenters. The van der Waals surface area contributed by atoms with Crippen molar-refractivity contribution < 1.29 is 12.8 Å². The maximum absolute atomic E-state index is 12.2. The molecule has 0 heterocycles. The van der Waals surface area contributed by atoms with Gasteiger partial charge in [-0.2, -0.15) is 0 Å². The van der Waals surface area contributed by atoms with Crippen molar-refractivity contribution in [1.82, 2.24) is 0 Å². The number of sulfone groups is 1. The molecule has 4 heteroatoms. The van der Waals surface area contributed by atoms with E-state index < -0.39 is 9.84 Å². The van der Waals surface area contributed by atoms with Crippen LogP contribution in [0.25, 0.3) is 0 Å². The molecular formula is C11H15FO2S. The smallest absolute Gasteiger partial charge is 0.175 e. The minimum atomic E-state index is -3.13. The lowest BCUT2D eigenvalue weighted by molar-refractivity contribution is 0.381. The fourth-order valence-corrected chi connectivity index (χ4v) is 1.96. The molecule has 0 aliphatic heterocycles. The predicted molar refractivity (Wildman–Crippen MR) is 58.4 cm³/mol. The summed E-state index contributed by atoms with van der Waals surface area (Å²) in [6, 6.07) is 6.61. The molecular weight excluding hydrogens is 215 g/mol. The van der Waals surface area contributed by atoms with Crippen LogP contribution in [0.15, 0.2) is 29.2 Å². The van der Waals surface area contributed by atoms with Gasteiger partial charge in [-0.05, 0) is 30.0 Å². The first kappa shape index (κ1) is 12.2. The largest absolute Gasteiger partial charge is 0.251 e. The fraction of sp³-hybridized carbons (Fsp3) is 0.455. The normalized spacial score (nSPS) is 13.8. The molecule has 0 radical (unpaired) electrons. The van der Waals surface area contributed by atoms with Crippen molar-refractivity contribution >= 4 is 9.84 Å². The van der Waals surface area contributed by atoms with Gasteiger partial charge in [-0.3, -0.25) is 4.39 Å². The molecule has 0 saturated heterocycles. The molecule has 1 aromatic rings. The summed E-state index contributed by atoms with van der Waals surface area (Å²) in [4.78, 5) is 0.305. The number of rotatable bonds is 4. The van der Waals surface area contributed by atoms with Crippen molar-refractivity contribution in [1.29, 1.82) is 0 Å². The standard InChI is InChI=1S/C11H15FO2S/c1-9(8-12)7-10-3-5-11(6-4-10)15(2,13)14/h3-6,9H,7-8H2,1-2H3/t9-/m0/s1. The fourth-order valence-electron chi connectivity index (χ4n) is 1.33. The first-order chi connectivity index (χ1) is 6.93. The van der Waals surface area contributed by atoms with Crippen molar-refractivity contribution in [3.05, 3.63) is 29.8 Å². The summed E-state index contributed by atoms with van der Waals surface area (Å²) in [6.07, 6.45) is 1.81. The SMILES string of the molecule is C[C@H](CF)Cc1ccc(S(C)(=O)=O)cc1. The van der Waals surface area contributed by atoms with Crippen molar-refractivity contribution in [2.75, 3.05) is 12.9 Å². The highest BCUT2D eigenvalue weighted by Gasteiger charge is 2.07. The van der Waals surface area contributed by atoms with Crippen molar-refractivity contribution in [2.24, 2.45) is 5.92 Å². The van der Waals surface area contributed by atoms with Crippen LogP contribution in [0.4, 0.5) is 4.39 Å². The highest BCUT2D eigenvalue weighted by Crippen LogP contribution is 2.13. The molecule has 0 saturated carbocycles. The van der Waals surface area contributed by atoms with Gasteiger partial charge in [-0.25, -0.2) is 8.42 Å². The zero-order valence-electron chi connectivity index (χ0n) is 8.90. The minimum absolute atomic E-state index is 0.0194. The van der Waals surface area contributed by atoms with E-state index in [-0.39, 0.29) is 12.6 Å². The third-order valence-corrected chi connectivity index (χ3v) is 3.33. The van der Waals surface area contributed by atoms with E-state index in [4.69, 9.17) is 0 Å². The molecule has 2 nitrogen and oxygen atoms in total. The van der Waals surface area contributed by atoms with Crippen LogP contribution in [0.1, 0.15) is 12.5 Å². The van der Waals surface area contributed by atoms with Gasteiger partial charge in [-0.15, -0.1) is 0 Å². The molecule has 0 N–H and O–H groups in total. The van der Waals surface area contributed by atoms with Crippen LogP contribution >= 0.6 is 0 Å². The molecule has 1 aromatic carbocycles. The van der Waals surface area contributed by atoms with Gasteiger partial charge in [0.2, 0.25) is 0 Å². The summed E-state index contributed by atoms with van der Waals surface area (Å²) in [7, 11) is -3.13. The number of hydrogen-bond donors (Lipinski definition) is 0. The Hall–Kier alpha value is -0.900. The van der Waals surface area contributed by atoms with Crippen molar-refractivity contribution in [3.63, 3.8) is 0 Å². The topological polar surface area (TPSA) is 34.1 Å². The maximum Gasteiger partial charge on any atom is 0.175 e. The van der Waals surface area contributed by atoms with Gasteiger partial charge in [0.25, 0.3) is 0 Å². The molecule has 1 atom stereocenters. The number of hydrogen-bond acceptors (Lipinski definition) is 2. The van der Waals surface area contributed by atoms with E-state index in [2.05, 4.69) is 0 Å². The first-order valence-corrected chi connectivity index (χ1v) is 6.67. The Labute approximate surface area is 90.0 Å². The molecule has 0 aromatic heterocycles. The molecule has 15 heavy (non-hydrogen) atoms. The molecule has 0 aliphatic rings. The minimum Gasteiger partial charge on any atom is -0.251 e. The lowest BCUT2D eigenvalue weighted by Gasteiger charge is -2.06. The van der Waals surface area contributed by atoms with E-state index in [0.29, 0.717) is 11.3 Å². The Morgan fingerprint density at radius 2 is 1.80 bits per heavy atom. The Bertz CT molecular complexity index is 409. The van der Waals surface area contributed by atoms with Crippen LogP contribution in [-0.4, -0.2) is 21.3 Å². The average Bonchev–Trinajstić information content (AvgIpc) is 2.17. The summed E-state index contributed by atoms with van der Waals surface area (Å²) in [5, 5.41) is 0. The zero-order chi connectivity index (χ0) is 11.5. The Morgan fingerprint density at radius 3 is 2.20 bits per heavy atom. The highest BCUT2D eigenvalue weighted by atomic mass is 32.2. The molecule has 0 spiro atoms. The van der Waals surface area contributed by atoms with Crippen LogP contribution in [0.5, 0.6) is 0 Å². The molecule has 0 fully saturated rings. The summed E-state index contributed by atoms with van der Waals surface area (Å²) in [6.45, 7) is 1.47. The van der Waals surface area contributed by atoms with Crippen LogP contribution in [0, 0.1) is 5.92 Å². The number of alkyl halides is 1. The zero-order valence-corrected chi connectivity index (χ0v) is 9.72. The van der Waals surface area contributed by atoms with Gasteiger partial charge in [0.05, 0.1) is 11.6 Å². The lowest BCUT2D eigenvalue weighted by Crippen LogP contribution is -2.02. The molecule has 0 amide bonds. The van der Waals surface area contributed by atoms with Crippen molar-refractivity contribution in [3.8, 4) is 0 Å². The van der Waals surface area contributed by atoms with Crippen LogP contribution in [-0.2, 0) is 16.3 Å². The van der Waals surface area contributed by atoms with Gasteiger partial charge in [-0.1, -0.05) is 19.1 Å². The van der Waals surface area contributed by atoms with Crippen LogP contribution in [0.2, 0.25) is 0 Å². The maximum atomic E-state index is 12.2. The van der Waals surface area contributed by atoms with Crippen LogP contribution < -0.4 is 0 Å². The first-order valence-electron chi connectivity index (χ1n) is 4.78. The lowest BCUT2D eigenvalue weighted by atomic mass is 10.0. The van der Waals surface area contributed by atoms with E-state index in [1.165, 1.54) is 6.26 Å². The predicted octanol–water partition coefficient (Wildman–Crippen LogP) is 2.24. The van der Waals surface area contributed by atoms with Gasteiger partial charge in [0.15, 0.2) is 9.84 Å². The summed E-state index contributed by atoms with van der Waals surface area (Å²) < 4.78 is 34.6. The number of halogens is 1. The van der Waals surface area contributed by atoms with Gasteiger partial charge < -0.3 is 0 Å². The monoisotopic (exact) mass is 230 g/mol. The highest BCUT2D eigenvalue weighted by molar-refractivity contribution is 7.90. The second-order valence-electron chi connectivity index (χ2n) is 3.88. The summed E-state index contributed by atoms with van der Waals surface area (Å²) in [5.74, 6) is -0.0194. The molecule has 84 valence electrons. The van der Waals surface area contributed by atoms with E-state index in [1.807, 2.05) is 6.92 Å². The average molecular weight is 230 g/mol. The molecule has 1 rings (SSSR count). The Kier molecular flexibility index (Phi) is 3.85. The Balaban J connectivity index is 2.82. The summed E-state index contributed by atoms with van der Waals surface area (Å²) >= 11 is 0. The Morgan fingerprint density at radius 1 is 1.27 bits per heavy atom. The number of benzene rings is 1. The summed E-state index contributed by atoms with van der Waals surface area (Å²) in [5.41, 5.74) is 0.965. The second kappa shape index (κ2) is 4.75. The third kappa shape index (κ3) is 3.63.